The molecule has 1 saturated heterocycles. The second-order valence-electron chi connectivity index (χ2n) is 7.10. The molecule has 0 spiro atoms. The Morgan fingerprint density at radius 1 is 1.19 bits per heavy atom. The van der Waals surface area contributed by atoms with Crippen LogP contribution in [0.5, 0.6) is 0 Å². The van der Waals surface area contributed by atoms with Crippen molar-refractivity contribution in [2.45, 2.75) is 56.3 Å². The molecule has 0 saturated carbocycles. The van der Waals surface area contributed by atoms with Gasteiger partial charge in [-0.3, -0.25) is 4.79 Å². The number of piperidine rings is 1. The van der Waals surface area contributed by atoms with Crippen molar-refractivity contribution in [2.24, 2.45) is 17.4 Å². The fourth-order valence-corrected chi connectivity index (χ4v) is 4.95. The molecule has 146 valence electrons. The monoisotopic (exact) mass is 381 g/mol. The summed E-state index contributed by atoms with van der Waals surface area (Å²) < 4.78 is 27.2. The molecule has 1 aromatic carbocycles. The van der Waals surface area contributed by atoms with E-state index in [4.69, 9.17) is 11.5 Å². The van der Waals surface area contributed by atoms with Crippen LogP contribution in [0.3, 0.4) is 0 Å². The number of hydrogen-bond donors (Lipinski definition) is 2. The van der Waals surface area contributed by atoms with Gasteiger partial charge in [-0.05, 0) is 49.4 Å². The molecule has 0 aliphatic carbocycles. The van der Waals surface area contributed by atoms with Crippen LogP contribution in [0.2, 0.25) is 0 Å². The number of nitrogens with zero attached hydrogens (tertiary/aromatic N) is 1. The van der Waals surface area contributed by atoms with Crippen molar-refractivity contribution >= 4 is 15.9 Å². The number of carbonyl (C=O) groups excluding carboxylic acids is 1. The lowest BCUT2D eigenvalue weighted by atomic mass is 9.93. The van der Waals surface area contributed by atoms with Crippen LogP contribution in [0.1, 0.15) is 56.9 Å². The van der Waals surface area contributed by atoms with E-state index >= 15 is 0 Å². The number of amides is 1. The fourth-order valence-electron chi connectivity index (χ4n) is 3.48. The standard InChI is InChI=1S/C19H31N3O3S/c1-2-3-4-5-18(19(21)23)16-6-8-17(9-7-16)26(24,25)22-12-10-15(14-20)11-13-22/h6-9,15,18H,2-5,10-14,20H2,1H3,(H2,21,23). The highest BCUT2D eigenvalue weighted by molar-refractivity contribution is 7.89. The van der Waals surface area contributed by atoms with E-state index in [2.05, 4.69) is 6.92 Å². The van der Waals surface area contributed by atoms with Gasteiger partial charge >= 0.3 is 0 Å². The summed E-state index contributed by atoms with van der Waals surface area (Å²) in [6.07, 6.45) is 5.35. The van der Waals surface area contributed by atoms with Gasteiger partial charge in [0.2, 0.25) is 15.9 Å². The van der Waals surface area contributed by atoms with E-state index in [-0.39, 0.29) is 16.7 Å². The van der Waals surface area contributed by atoms with Crippen LogP contribution in [0, 0.1) is 5.92 Å². The Morgan fingerprint density at radius 3 is 2.31 bits per heavy atom. The van der Waals surface area contributed by atoms with Crippen LogP contribution in [-0.2, 0) is 14.8 Å². The van der Waals surface area contributed by atoms with E-state index in [9.17, 15) is 13.2 Å². The number of nitrogens with two attached hydrogens (primary N) is 2. The lowest BCUT2D eigenvalue weighted by Gasteiger charge is -2.30. The third kappa shape index (κ3) is 5.05. The Bertz CT molecular complexity index is 680. The Labute approximate surface area is 157 Å². The SMILES string of the molecule is CCCCCC(C(N)=O)c1ccc(S(=O)(=O)N2CCC(CN)CC2)cc1. The van der Waals surface area contributed by atoms with Crippen molar-refractivity contribution < 1.29 is 13.2 Å². The third-order valence-corrected chi connectivity index (χ3v) is 7.18. The molecule has 1 atom stereocenters. The molecule has 4 N–H and O–H groups in total. The molecule has 7 heteroatoms. The lowest BCUT2D eigenvalue weighted by molar-refractivity contribution is -0.119. The number of carbonyl (C=O) groups is 1. The molecule has 1 amide bonds. The zero-order valence-electron chi connectivity index (χ0n) is 15.6. The third-order valence-electron chi connectivity index (χ3n) is 5.27. The van der Waals surface area contributed by atoms with Crippen molar-refractivity contribution in [3.05, 3.63) is 29.8 Å². The molecule has 1 aliphatic heterocycles. The summed E-state index contributed by atoms with van der Waals surface area (Å²) >= 11 is 0. The highest BCUT2D eigenvalue weighted by Crippen LogP contribution is 2.27. The number of primary amides is 1. The van der Waals surface area contributed by atoms with Gasteiger partial charge in [0.05, 0.1) is 10.8 Å². The van der Waals surface area contributed by atoms with Gasteiger partial charge in [0.25, 0.3) is 0 Å². The van der Waals surface area contributed by atoms with Gasteiger partial charge in [-0.15, -0.1) is 0 Å². The predicted octanol–water partition coefficient (Wildman–Crippen LogP) is 2.20. The maximum Gasteiger partial charge on any atom is 0.243 e. The van der Waals surface area contributed by atoms with E-state index in [0.29, 0.717) is 32.0 Å². The number of sulfonamides is 1. The Kier molecular flexibility index (Phi) is 7.61. The summed E-state index contributed by atoms with van der Waals surface area (Å²) in [7, 11) is -3.50. The Balaban J connectivity index is 2.10. The summed E-state index contributed by atoms with van der Waals surface area (Å²) in [5, 5.41) is 0. The summed E-state index contributed by atoms with van der Waals surface area (Å²) in [4.78, 5) is 12.0. The van der Waals surface area contributed by atoms with Gasteiger partial charge in [0.1, 0.15) is 0 Å². The number of hydrogen-bond acceptors (Lipinski definition) is 4. The van der Waals surface area contributed by atoms with Gasteiger partial charge in [-0.1, -0.05) is 38.3 Å². The van der Waals surface area contributed by atoms with Gasteiger partial charge in [0, 0.05) is 13.1 Å². The minimum absolute atomic E-state index is 0.268. The number of unbranched alkanes of at least 4 members (excludes halogenated alkanes) is 2. The number of rotatable bonds is 9. The summed E-state index contributed by atoms with van der Waals surface area (Å²) in [6.45, 7) is 3.73. The Morgan fingerprint density at radius 2 is 1.81 bits per heavy atom. The molecule has 26 heavy (non-hydrogen) atoms. The van der Waals surface area contributed by atoms with E-state index in [1.54, 1.807) is 24.3 Å². The van der Waals surface area contributed by atoms with Gasteiger partial charge < -0.3 is 11.5 Å². The summed E-state index contributed by atoms with van der Waals surface area (Å²) in [6, 6.07) is 6.63. The van der Waals surface area contributed by atoms with Crippen LogP contribution < -0.4 is 11.5 Å². The van der Waals surface area contributed by atoms with Crippen molar-refractivity contribution in [2.75, 3.05) is 19.6 Å². The van der Waals surface area contributed by atoms with Crippen molar-refractivity contribution in [1.29, 1.82) is 0 Å². The molecule has 1 unspecified atom stereocenters. The molecule has 6 nitrogen and oxygen atoms in total. The van der Waals surface area contributed by atoms with Crippen LogP contribution in [0.15, 0.2) is 29.2 Å². The fraction of sp³-hybridized carbons (Fsp3) is 0.632. The molecule has 0 bridgehead atoms. The highest BCUT2D eigenvalue weighted by Gasteiger charge is 2.29. The van der Waals surface area contributed by atoms with Gasteiger partial charge in [0.15, 0.2) is 0 Å². The van der Waals surface area contributed by atoms with Crippen LogP contribution in [0.4, 0.5) is 0 Å². The number of benzene rings is 1. The average molecular weight is 382 g/mol. The molecule has 1 aliphatic rings. The molecule has 1 fully saturated rings. The first-order valence-electron chi connectivity index (χ1n) is 9.49. The minimum atomic E-state index is -3.50. The van der Waals surface area contributed by atoms with Crippen molar-refractivity contribution in [3.63, 3.8) is 0 Å². The van der Waals surface area contributed by atoms with Crippen LogP contribution in [0.25, 0.3) is 0 Å². The van der Waals surface area contributed by atoms with Crippen molar-refractivity contribution in [1.82, 2.24) is 4.31 Å². The van der Waals surface area contributed by atoms with Gasteiger partial charge in [-0.2, -0.15) is 4.31 Å². The zero-order valence-corrected chi connectivity index (χ0v) is 16.4. The minimum Gasteiger partial charge on any atom is -0.369 e. The maximum atomic E-state index is 12.8. The van der Waals surface area contributed by atoms with Crippen LogP contribution >= 0.6 is 0 Å². The lowest BCUT2D eigenvalue weighted by Crippen LogP contribution is -2.40. The Hall–Kier alpha value is -1.44. The van der Waals surface area contributed by atoms with E-state index in [1.807, 2.05) is 0 Å². The molecule has 0 radical (unpaired) electrons. The molecule has 1 heterocycles. The molecular formula is C19H31N3O3S. The van der Waals surface area contributed by atoms with Gasteiger partial charge in [-0.25, -0.2) is 8.42 Å². The highest BCUT2D eigenvalue weighted by atomic mass is 32.2. The van der Waals surface area contributed by atoms with E-state index in [0.717, 1.165) is 37.7 Å². The summed E-state index contributed by atoms with van der Waals surface area (Å²) in [5.41, 5.74) is 12.0. The second kappa shape index (κ2) is 9.48. The summed E-state index contributed by atoms with van der Waals surface area (Å²) in [5.74, 6) is -0.317. The smallest absolute Gasteiger partial charge is 0.243 e. The molecule has 2 rings (SSSR count). The average Bonchev–Trinajstić information content (AvgIpc) is 2.65. The zero-order chi connectivity index (χ0) is 19.2. The molecule has 0 aromatic heterocycles. The first-order valence-corrected chi connectivity index (χ1v) is 10.9. The quantitative estimate of drug-likeness (QED) is 0.639. The normalized spacial score (nSPS) is 17.9. The second-order valence-corrected chi connectivity index (χ2v) is 9.04. The van der Waals surface area contributed by atoms with Crippen LogP contribution in [-0.4, -0.2) is 38.3 Å². The predicted molar refractivity (Wildman–Crippen MR) is 103 cm³/mol. The topological polar surface area (TPSA) is 106 Å². The van der Waals surface area contributed by atoms with E-state index in [1.165, 1.54) is 4.31 Å². The largest absolute Gasteiger partial charge is 0.369 e. The molecular weight excluding hydrogens is 350 g/mol. The first-order chi connectivity index (χ1) is 12.4. The first kappa shape index (κ1) is 20.9. The maximum absolute atomic E-state index is 12.8. The van der Waals surface area contributed by atoms with E-state index < -0.39 is 10.0 Å². The van der Waals surface area contributed by atoms with Crippen molar-refractivity contribution in [3.8, 4) is 0 Å². The molecule has 1 aromatic rings.